The van der Waals surface area contributed by atoms with E-state index in [1.54, 1.807) is 6.42 Å². The first-order valence-electron chi connectivity index (χ1n) is 8.10. The normalized spacial score (nSPS) is 18.0. The summed E-state index contributed by atoms with van der Waals surface area (Å²) in [5.41, 5.74) is 0.875. The molecule has 1 heterocycles. The number of esters is 2. The largest absolute Gasteiger partial charge is 2.00 e. The molecule has 0 unspecified atom stereocenters. The number of rotatable bonds is 4. The number of hydrogen-bond acceptors (Lipinski definition) is 4. The molecule has 2 fully saturated rings. The summed E-state index contributed by atoms with van der Waals surface area (Å²) >= 11 is 0. The number of carbonyl (C=O) groups excluding carboxylic acids is 2. The molecule has 3 rings (SSSR count). The van der Waals surface area contributed by atoms with Gasteiger partial charge in [0.25, 0.3) is 0 Å². The second kappa shape index (κ2) is 18.4. The van der Waals surface area contributed by atoms with Crippen molar-refractivity contribution in [1.82, 2.24) is 0 Å². The molecular formula is C22H20O6W+2. The zero-order valence-corrected chi connectivity index (χ0v) is 18.7. The first kappa shape index (κ1) is 29.5. The summed E-state index contributed by atoms with van der Waals surface area (Å²) in [5, 5.41) is 0. The second-order valence-corrected chi connectivity index (χ2v) is 5.34. The van der Waals surface area contributed by atoms with Gasteiger partial charge in [-0.2, -0.15) is 0 Å². The van der Waals surface area contributed by atoms with Crippen LogP contribution in [0.4, 0.5) is 0 Å². The molecule has 0 N–H and O–H groups in total. The zero-order chi connectivity index (χ0) is 21.4. The van der Waals surface area contributed by atoms with Gasteiger partial charge >= 0.3 is 55.6 Å². The third-order valence-electron chi connectivity index (χ3n) is 3.39. The van der Waals surface area contributed by atoms with Crippen molar-refractivity contribution < 1.29 is 49.4 Å². The molecule has 1 aliphatic heterocycles. The van der Waals surface area contributed by atoms with Crippen LogP contribution in [0.5, 0.6) is 0 Å². The van der Waals surface area contributed by atoms with Crippen LogP contribution in [0.3, 0.4) is 0 Å². The number of benzene rings is 1. The van der Waals surface area contributed by atoms with Gasteiger partial charge in [0.2, 0.25) is 0 Å². The molecule has 0 aromatic heterocycles. The van der Waals surface area contributed by atoms with Crippen LogP contribution in [0.2, 0.25) is 0 Å². The van der Waals surface area contributed by atoms with E-state index in [2.05, 4.69) is 20.2 Å². The Morgan fingerprint density at radius 3 is 1.97 bits per heavy atom. The zero-order valence-electron chi connectivity index (χ0n) is 15.8. The fraction of sp³-hybridized carbons (Fsp3) is 0.182. The average Bonchev–Trinajstić information content (AvgIpc) is 3.39. The fourth-order valence-corrected chi connectivity index (χ4v) is 2.31. The van der Waals surface area contributed by atoms with Crippen molar-refractivity contribution in [3.8, 4) is 0 Å². The minimum atomic E-state index is -0.432. The third-order valence-corrected chi connectivity index (χ3v) is 3.39. The van der Waals surface area contributed by atoms with E-state index >= 15 is 0 Å². The average molecular weight is 564 g/mol. The van der Waals surface area contributed by atoms with E-state index in [0.29, 0.717) is 12.3 Å². The Balaban J connectivity index is 0. The maximum atomic E-state index is 11.3. The van der Waals surface area contributed by atoms with Crippen molar-refractivity contribution in [3.05, 3.63) is 101 Å². The van der Waals surface area contributed by atoms with E-state index in [1.807, 2.05) is 62.4 Å². The van der Waals surface area contributed by atoms with Crippen LogP contribution in [-0.4, -0.2) is 18.0 Å². The van der Waals surface area contributed by atoms with Crippen molar-refractivity contribution in [2.75, 3.05) is 0 Å². The van der Waals surface area contributed by atoms with Gasteiger partial charge < -0.3 is 9.47 Å². The van der Waals surface area contributed by atoms with E-state index in [-0.39, 0.29) is 27.0 Å². The van der Waals surface area contributed by atoms with Gasteiger partial charge in [-0.05, 0) is 44.6 Å². The van der Waals surface area contributed by atoms with Crippen molar-refractivity contribution in [1.29, 1.82) is 0 Å². The molecule has 0 spiro atoms. The molecule has 1 aromatic rings. The summed E-state index contributed by atoms with van der Waals surface area (Å²) in [6.45, 7) is 13.9. The van der Waals surface area contributed by atoms with Crippen LogP contribution in [0.15, 0.2) is 30.3 Å². The molecule has 0 bridgehead atoms. The van der Waals surface area contributed by atoms with Gasteiger partial charge in [0.15, 0.2) is 0 Å². The summed E-state index contributed by atoms with van der Waals surface area (Å²) in [4.78, 5) is 22.4. The molecule has 1 saturated carbocycles. The van der Waals surface area contributed by atoms with Gasteiger partial charge in [0, 0.05) is 19.8 Å². The molecule has 2 atom stereocenters. The smallest absolute Gasteiger partial charge is 0.461 e. The summed E-state index contributed by atoms with van der Waals surface area (Å²) in [7, 11) is 0. The van der Waals surface area contributed by atoms with Gasteiger partial charge in [-0.15, -0.1) is 0 Å². The quantitative estimate of drug-likeness (QED) is 0.319. The van der Waals surface area contributed by atoms with Crippen LogP contribution in [-0.2, 0) is 49.4 Å². The minimum absolute atomic E-state index is 0. The van der Waals surface area contributed by atoms with Crippen LogP contribution < -0.4 is 0 Å². The van der Waals surface area contributed by atoms with E-state index in [0.717, 1.165) is 5.56 Å². The van der Waals surface area contributed by atoms with Gasteiger partial charge in [-0.3, -0.25) is 9.59 Å². The molecule has 6 nitrogen and oxygen atoms in total. The van der Waals surface area contributed by atoms with Crippen molar-refractivity contribution in [2.24, 2.45) is 0 Å². The first-order valence-corrected chi connectivity index (χ1v) is 8.10. The van der Waals surface area contributed by atoms with Crippen molar-refractivity contribution >= 4 is 11.9 Å². The topological polar surface area (TPSA) is 92.4 Å². The van der Waals surface area contributed by atoms with Crippen LogP contribution >= 0.6 is 0 Å². The SMILES string of the molecule is [C-]#[O+].[C-]#[O+].[CH2][C]1[CH][C@@H](C[C@@H](OC(C)=O)c2ccccc2)OC1=O.[CH]1[CH][CH][CH][CH]1.[W+2]. The molecule has 7 heteroatoms. The molecule has 148 valence electrons. The van der Waals surface area contributed by atoms with Crippen molar-refractivity contribution in [2.45, 2.75) is 25.6 Å². The third kappa shape index (κ3) is 12.5. The molecule has 2 aliphatic rings. The number of hydrogen-bond donors (Lipinski definition) is 0. The number of ether oxygens (including phenoxy) is 2. The van der Waals surface area contributed by atoms with Crippen LogP contribution in [0.1, 0.15) is 25.0 Å². The second-order valence-electron chi connectivity index (χ2n) is 5.34. The van der Waals surface area contributed by atoms with Gasteiger partial charge in [0.1, 0.15) is 12.2 Å². The first-order chi connectivity index (χ1) is 13.6. The van der Waals surface area contributed by atoms with E-state index in [4.69, 9.17) is 18.8 Å². The molecule has 1 aromatic carbocycles. The van der Waals surface area contributed by atoms with E-state index in [9.17, 15) is 9.59 Å². The standard InChI is InChI=1S/C15H15O4.C5H5.2CO.W/c1-10-8-13(19-15(10)17)9-14(18-11(2)16)12-6-4-3-5-7-12;1-2-4-5-3-1;2*1-2;/h3-8,13-14H,1,9H2,2H3;1-5H;;;/q;;;;+2/t13-,14+;;;;/m0..../s1. The van der Waals surface area contributed by atoms with Crippen LogP contribution in [0, 0.1) is 64.7 Å². The molecule has 29 heavy (non-hydrogen) atoms. The summed E-state index contributed by atoms with van der Waals surface area (Å²) < 4.78 is 25.4. The molecule has 0 amide bonds. The van der Waals surface area contributed by atoms with E-state index in [1.165, 1.54) is 6.92 Å². The van der Waals surface area contributed by atoms with Gasteiger partial charge in [0.05, 0.1) is 5.92 Å². The number of cyclic esters (lactones) is 1. The Kier molecular flexibility index (Phi) is 18.7. The maximum absolute atomic E-state index is 11.3. The maximum Gasteiger partial charge on any atom is 2.00 e. The predicted octanol–water partition coefficient (Wildman–Crippen LogP) is 3.16. The Morgan fingerprint density at radius 1 is 1.10 bits per heavy atom. The Labute approximate surface area is 187 Å². The summed E-state index contributed by atoms with van der Waals surface area (Å²) in [5.74, 6) is -0.434. The van der Waals surface area contributed by atoms with Crippen LogP contribution in [0.25, 0.3) is 0 Å². The molecule has 1 aliphatic carbocycles. The Hall–Kier alpha value is -1.67. The Morgan fingerprint density at radius 2 is 1.59 bits per heavy atom. The molecular weight excluding hydrogens is 544 g/mol. The monoisotopic (exact) mass is 564 g/mol. The fourth-order valence-electron chi connectivity index (χ4n) is 2.31. The number of carbonyl (C=O) groups is 2. The predicted molar refractivity (Wildman–Crippen MR) is 97.7 cm³/mol. The van der Waals surface area contributed by atoms with Gasteiger partial charge in [-0.25, -0.2) is 0 Å². The van der Waals surface area contributed by atoms with Crippen molar-refractivity contribution in [3.63, 3.8) is 0 Å². The summed E-state index contributed by atoms with van der Waals surface area (Å²) in [6.07, 6.45) is 11.2. The van der Waals surface area contributed by atoms with E-state index < -0.39 is 18.2 Å². The molecule has 8 radical (unpaired) electrons. The Bertz CT molecular complexity index is 596. The summed E-state index contributed by atoms with van der Waals surface area (Å²) in [6, 6.07) is 9.38. The molecule has 1 saturated heterocycles. The minimum Gasteiger partial charge on any atom is -0.461 e. The van der Waals surface area contributed by atoms with Gasteiger partial charge in [-0.1, -0.05) is 30.3 Å².